The van der Waals surface area contributed by atoms with Crippen LogP contribution in [-0.4, -0.2) is 56.4 Å². The maximum absolute atomic E-state index is 12.0. The Bertz CT molecular complexity index is 1300. The largest absolute Gasteiger partial charge is 0.475 e. The van der Waals surface area contributed by atoms with E-state index in [2.05, 4.69) is 62.9 Å². The molecule has 1 saturated heterocycles. The van der Waals surface area contributed by atoms with E-state index < -0.39 is 5.97 Å². The molecule has 2 aromatic heterocycles. The van der Waals surface area contributed by atoms with Gasteiger partial charge in [-0.25, -0.2) is 14.8 Å². The van der Waals surface area contributed by atoms with Crippen LogP contribution >= 0.6 is 0 Å². The molecular weight excluding hydrogens is 492 g/mol. The van der Waals surface area contributed by atoms with Crippen LogP contribution in [-0.2, 0) is 11.3 Å². The second kappa shape index (κ2) is 11.1. The lowest BCUT2D eigenvalue weighted by molar-refractivity contribution is 0.0684. The monoisotopic (exact) mass is 532 g/mol. The van der Waals surface area contributed by atoms with E-state index >= 15 is 0 Å². The van der Waals surface area contributed by atoms with Gasteiger partial charge in [-0.3, -0.25) is 0 Å². The summed E-state index contributed by atoms with van der Waals surface area (Å²) in [6, 6.07) is 10.6. The minimum Gasteiger partial charge on any atom is -0.475 e. The maximum Gasteiger partial charge on any atom is 0.374 e. The van der Waals surface area contributed by atoms with E-state index in [1.165, 1.54) is 50.5 Å². The van der Waals surface area contributed by atoms with Gasteiger partial charge in [-0.05, 0) is 55.9 Å². The molecule has 2 saturated carbocycles. The Balaban J connectivity index is 1.47. The van der Waals surface area contributed by atoms with E-state index in [1.807, 2.05) is 6.07 Å². The van der Waals surface area contributed by atoms with Gasteiger partial charge in [-0.1, -0.05) is 56.5 Å². The fourth-order valence-electron chi connectivity index (χ4n) is 6.45. The van der Waals surface area contributed by atoms with Crippen LogP contribution in [0.3, 0.4) is 0 Å². The van der Waals surface area contributed by atoms with Gasteiger partial charge in [0.25, 0.3) is 0 Å². The number of benzene rings is 1. The van der Waals surface area contributed by atoms with Gasteiger partial charge in [-0.2, -0.15) is 4.98 Å². The van der Waals surface area contributed by atoms with E-state index in [0.717, 1.165) is 23.9 Å². The van der Waals surface area contributed by atoms with Crippen molar-refractivity contribution in [1.82, 2.24) is 19.5 Å². The molecule has 2 atom stereocenters. The summed E-state index contributed by atoms with van der Waals surface area (Å²) in [4.78, 5) is 28.5. The Kier molecular flexibility index (Phi) is 7.42. The predicted octanol–water partition coefficient (Wildman–Crippen LogP) is 5.53. The molecule has 2 aliphatic carbocycles. The van der Waals surface area contributed by atoms with Crippen molar-refractivity contribution in [2.24, 2.45) is 17.8 Å². The number of rotatable bonds is 8. The van der Waals surface area contributed by atoms with Gasteiger partial charge in [0.05, 0.1) is 19.3 Å². The molecule has 3 aliphatic rings. The molecule has 3 fully saturated rings. The van der Waals surface area contributed by atoms with Gasteiger partial charge in [0.1, 0.15) is 5.52 Å². The molecule has 0 spiro atoms. The first-order valence-corrected chi connectivity index (χ1v) is 14.7. The molecule has 1 aliphatic heterocycles. The number of anilines is 2. The average Bonchev–Trinajstić information content (AvgIpc) is 3.27. The molecule has 208 valence electrons. The normalized spacial score (nSPS) is 24.9. The number of nitrogens with zero attached hydrogens (tertiary/aromatic N) is 5. The number of carbonyl (C=O) groups is 1. The highest BCUT2D eigenvalue weighted by molar-refractivity contribution is 5.91. The van der Waals surface area contributed by atoms with Crippen LogP contribution in [0.25, 0.3) is 11.2 Å². The van der Waals surface area contributed by atoms with Crippen molar-refractivity contribution in [1.29, 1.82) is 0 Å². The summed E-state index contributed by atoms with van der Waals surface area (Å²) in [7, 11) is 0. The number of fused-ring (bicyclic) bond motifs is 1. The van der Waals surface area contributed by atoms with Crippen LogP contribution < -0.4 is 10.2 Å². The minimum absolute atomic E-state index is 0.0131. The molecule has 39 heavy (non-hydrogen) atoms. The Morgan fingerprint density at radius 2 is 1.87 bits per heavy atom. The lowest BCUT2D eigenvalue weighted by Crippen LogP contribution is -2.41. The lowest BCUT2D eigenvalue weighted by atomic mass is 9.80. The highest BCUT2D eigenvalue weighted by atomic mass is 16.5. The third kappa shape index (κ3) is 5.33. The third-order valence-electron chi connectivity index (χ3n) is 9.14. The number of carboxylic acids is 1. The SMILES string of the molecule is CC1CCC(Cn2c(N3CCOCC3c3ccccc3)nc3nc(C(=O)O)nc(NC(C)C4CCC4)c32)CC1. The fourth-order valence-corrected chi connectivity index (χ4v) is 6.45. The molecule has 6 rings (SSSR count). The van der Waals surface area contributed by atoms with E-state index in [1.54, 1.807) is 0 Å². The third-order valence-corrected chi connectivity index (χ3v) is 9.14. The standard InChI is InChI=1S/C30H40N6O3/c1-19-11-13-21(14-12-19)17-36-25-26(31-20(2)22-9-6-10-22)32-28(29(37)38)33-27(25)34-30(36)35-15-16-39-18-24(35)23-7-4-3-5-8-23/h3-5,7-8,19-22,24H,6,9-18H2,1-2H3,(H,37,38)(H,31,32,33). The highest BCUT2D eigenvalue weighted by Gasteiger charge is 2.33. The topological polar surface area (TPSA) is 105 Å². The zero-order chi connectivity index (χ0) is 26.9. The van der Waals surface area contributed by atoms with Crippen molar-refractivity contribution >= 4 is 28.9 Å². The maximum atomic E-state index is 12.0. The molecule has 2 unspecified atom stereocenters. The lowest BCUT2D eigenvalue weighted by Gasteiger charge is -2.37. The van der Waals surface area contributed by atoms with Crippen LogP contribution in [0.15, 0.2) is 30.3 Å². The number of hydrogen-bond acceptors (Lipinski definition) is 7. The number of aromatic carboxylic acids is 1. The smallest absolute Gasteiger partial charge is 0.374 e. The van der Waals surface area contributed by atoms with Crippen molar-refractivity contribution in [3.63, 3.8) is 0 Å². The van der Waals surface area contributed by atoms with E-state index in [9.17, 15) is 9.90 Å². The van der Waals surface area contributed by atoms with Crippen molar-refractivity contribution in [3.05, 3.63) is 41.7 Å². The van der Waals surface area contributed by atoms with Crippen LogP contribution in [0, 0.1) is 17.8 Å². The van der Waals surface area contributed by atoms with Crippen molar-refractivity contribution in [3.8, 4) is 0 Å². The zero-order valence-corrected chi connectivity index (χ0v) is 23.1. The van der Waals surface area contributed by atoms with Crippen molar-refractivity contribution in [2.75, 3.05) is 30.0 Å². The van der Waals surface area contributed by atoms with Crippen LogP contribution in [0.4, 0.5) is 11.8 Å². The second-order valence-corrected chi connectivity index (χ2v) is 11.8. The molecule has 0 bridgehead atoms. The number of nitrogens with one attached hydrogen (secondary N) is 1. The number of aromatic nitrogens is 4. The van der Waals surface area contributed by atoms with Crippen LogP contribution in [0.1, 0.15) is 81.0 Å². The predicted molar refractivity (Wildman–Crippen MR) is 151 cm³/mol. The Hall–Kier alpha value is -3.20. The minimum atomic E-state index is -1.14. The van der Waals surface area contributed by atoms with Gasteiger partial charge in [-0.15, -0.1) is 0 Å². The van der Waals surface area contributed by atoms with Gasteiger partial charge in [0, 0.05) is 19.1 Å². The van der Waals surface area contributed by atoms with Crippen molar-refractivity contribution < 1.29 is 14.6 Å². The molecule has 3 aromatic rings. The summed E-state index contributed by atoms with van der Waals surface area (Å²) in [5.41, 5.74) is 2.44. The second-order valence-electron chi connectivity index (χ2n) is 11.8. The Morgan fingerprint density at radius 3 is 2.56 bits per heavy atom. The quantitative estimate of drug-likeness (QED) is 0.390. The van der Waals surface area contributed by atoms with Crippen LogP contribution in [0.2, 0.25) is 0 Å². The first-order valence-electron chi connectivity index (χ1n) is 14.7. The molecule has 9 nitrogen and oxygen atoms in total. The molecule has 0 radical (unpaired) electrons. The molecule has 3 heterocycles. The molecule has 0 amide bonds. The number of imidazole rings is 1. The van der Waals surface area contributed by atoms with Gasteiger partial charge in [0.2, 0.25) is 11.8 Å². The number of carboxylic acid groups (broad SMARTS) is 1. The van der Waals surface area contributed by atoms with Crippen molar-refractivity contribution in [2.45, 2.75) is 77.4 Å². The first-order chi connectivity index (χ1) is 19.0. The van der Waals surface area contributed by atoms with E-state index in [0.29, 0.717) is 43.1 Å². The summed E-state index contributed by atoms with van der Waals surface area (Å²) in [6.07, 6.45) is 8.45. The van der Waals surface area contributed by atoms with Crippen LogP contribution in [0.5, 0.6) is 0 Å². The fraction of sp³-hybridized carbons (Fsp3) is 0.600. The molecule has 9 heteroatoms. The Labute approximate surface area is 230 Å². The number of hydrogen-bond donors (Lipinski definition) is 2. The summed E-state index contributed by atoms with van der Waals surface area (Å²) >= 11 is 0. The van der Waals surface area contributed by atoms with Gasteiger partial charge >= 0.3 is 5.97 Å². The van der Waals surface area contributed by atoms with E-state index in [4.69, 9.17) is 9.72 Å². The summed E-state index contributed by atoms with van der Waals surface area (Å²) < 4.78 is 8.23. The molecule has 2 N–H and O–H groups in total. The first kappa shape index (κ1) is 26.0. The summed E-state index contributed by atoms with van der Waals surface area (Å²) in [5.74, 6) is 1.94. The van der Waals surface area contributed by atoms with E-state index in [-0.39, 0.29) is 17.9 Å². The number of morpholine rings is 1. The summed E-state index contributed by atoms with van der Waals surface area (Å²) in [6.45, 7) is 7.23. The summed E-state index contributed by atoms with van der Waals surface area (Å²) in [5, 5.41) is 13.5. The zero-order valence-electron chi connectivity index (χ0n) is 23.1. The van der Waals surface area contributed by atoms with Gasteiger partial charge in [0.15, 0.2) is 11.5 Å². The number of ether oxygens (including phenoxy) is 1. The average molecular weight is 533 g/mol. The Morgan fingerprint density at radius 1 is 1.10 bits per heavy atom. The molecule has 1 aromatic carbocycles. The molecular formula is C30H40N6O3. The highest BCUT2D eigenvalue weighted by Crippen LogP contribution is 2.38. The van der Waals surface area contributed by atoms with Gasteiger partial charge < -0.3 is 24.6 Å².